The summed E-state index contributed by atoms with van der Waals surface area (Å²) in [4.78, 5) is 11.6. The van der Waals surface area contributed by atoms with Gasteiger partial charge in [-0.25, -0.2) is 0 Å². The minimum atomic E-state index is -0.252. The van der Waals surface area contributed by atoms with E-state index in [1.54, 1.807) is 0 Å². The molecule has 0 aliphatic carbocycles. The number of carbonyl (C=O) groups excluding carboxylic acids is 1. The van der Waals surface area contributed by atoms with Crippen molar-refractivity contribution in [2.24, 2.45) is 0 Å². The van der Waals surface area contributed by atoms with Gasteiger partial charge in [-0.05, 0) is 25.5 Å². The molecule has 0 bridgehead atoms. The number of halogens is 1. The molecule has 0 aliphatic heterocycles. The van der Waals surface area contributed by atoms with E-state index in [4.69, 9.17) is 4.74 Å². The monoisotopic (exact) mass is 299 g/mol. The van der Waals surface area contributed by atoms with Crippen LogP contribution >= 0.6 is 15.9 Å². The van der Waals surface area contributed by atoms with Crippen LogP contribution in [0, 0.1) is 0 Å². The lowest BCUT2D eigenvalue weighted by Crippen LogP contribution is -2.35. The number of rotatable bonds is 7. The molecule has 17 heavy (non-hydrogen) atoms. The molecule has 0 radical (unpaired) electrons. The Balaban J connectivity index is 2.24. The van der Waals surface area contributed by atoms with Crippen LogP contribution < -0.4 is 5.32 Å². The first-order valence-corrected chi connectivity index (χ1v) is 6.86. The van der Waals surface area contributed by atoms with Crippen molar-refractivity contribution in [3.63, 3.8) is 0 Å². The van der Waals surface area contributed by atoms with Gasteiger partial charge in [0.15, 0.2) is 0 Å². The molecule has 0 heterocycles. The number of carbonyl (C=O) groups is 1. The lowest BCUT2D eigenvalue weighted by Gasteiger charge is -2.12. The molecule has 0 aromatic heterocycles. The smallest absolute Gasteiger partial charge is 0.323 e. The summed E-state index contributed by atoms with van der Waals surface area (Å²) in [6.45, 7) is 2.97. The molecule has 1 N–H and O–H groups in total. The molecule has 0 unspecified atom stereocenters. The van der Waals surface area contributed by atoms with Crippen LogP contribution in [0.4, 0.5) is 0 Å². The van der Waals surface area contributed by atoms with Crippen molar-refractivity contribution in [3.05, 3.63) is 35.9 Å². The van der Waals surface area contributed by atoms with E-state index in [0.717, 1.165) is 23.9 Å². The number of hydrogen-bond donors (Lipinski definition) is 1. The lowest BCUT2D eigenvalue weighted by molar-refractivity contribution is -0.147. The summed E-state index contributed by atoms with van der Waals surface area (Å²) in [5.74, 6) is -0.205. The van der Waals surface area contributed by atoms with Gasteiger partial charge >= 0.3 is 5.97 Å². The van der Waals surface area contributed by atoms with Gasteiger partial charge in [-0.2, -0.15) is 0 Å². The van der Waals surface area contributed by atoms with Gasteiger partial charge in [0.05, 0.1) is 0 Å². The second kappa shape index (κ2) is 8.25. The predicted molar refractivity (Wildman–Crippen MR) is 72.1 cm³/mol. The highest BCUT2D eigenvalue weighted by atomic mass is 79.9. The van der Waals surface area contributed by atoms with Gasteiger partial charge in [0, 0.05) is 5.33 Å². The molecule has 1 atom stereocenters. The SMILES string of the molecule is C[C@H](NCCCBr)C(=O)OCc1ccccc1. The highest BCUT2D eigenvalue weighted by molar-refractivity contribution is 9.09. The third-order valence-corrected chi connectivity index (χ3v) is 2.90. The molecule has 94 valence electrons. The van der Waals surface area contributed by atoms with E-state index in [2.05, 4.69) is 21.2 Å². The Morgan fingerprint density at radius 1 is 1.41 bits per heavy atom. The van der Waals surface area contributed by atoms with Gasteiger partial charge in [-0.15, -0.1) is 0 Å². The lowest BCUT2D eigenvalue weighted by atomic mass is 10.2. The Morgan fingerprint density at radius 3 is 2.76 bits per heavy atom. The zero-order valence-corrected chi connectivity index (χ0v) is 11.6. The Bertz CT molecular complexity index is 329. The normalized spacial score (nSPS) is 12.1. The largest absolute Gasteiger partial charge is 0.460 e. The minimum absolute atomic E-state index is 0.205. The van der Waals surface area contributed by atoms with Gasteiger partial charge in [0.2, 0.25) is 0 Å². The summed E-state index contributed by atoms with van der Waals surface area (Å²) in [7, 11) is 0. The average Bonchev–Trinajstić information content (AvgIpc) is 2.37. The molecule has 4 heteroatoms. The number of alkyl halides is 1. The van der Waals surface area contributed by atoms with Gasteiger partial charge in [0.25, 0.3) is 0 Å². The van der Waals surface area contributed by atoms with Crippen LogP contribution in [0.1, 0.15) is 18.9 Å². The van der Waals surface area contributed by atoms with Gasteiger partial charge in [-0.3, -0.25) is 4.79 Å². The Kier molecular flexibility index (Phi) is 6.89. The molecule has 0 saturated heterocycles. The van der Waals surface area contributed by atoms with E-state index in [1.807, 2.05) is 37.3 Å². The van der Waals surface area contributed by atoms with Crippen molar-refractivity contribution in [1.29, 1.82) is 0 Å². The van der Waals surface area contributed by atoms with Crippen molar-refractivity contribution >= 4 is 21.9 Å². The summed E-state index contributed by atoms with van der Waals surface area (Å²) < 4.78 is 5.21. The van der Waals surface area contributed by atoms with Crippen LogP contribution in [0.15, 0.2) is 30.3 Å². The third kappa shape index (κ3) is 5.84. The van der Waals surface area contributed by atoms with Crippen LogP contribution in [0.3, 0.4) is 0 Å². The molecular formula is C13H18BrNO2. The molecule has 1 aromatic rings. The first-order valence-electron chi connectivity index (χ1n) is 5.74. The Morgan fingerprint density at radius 2 is 2.12 bits per heavy atom. The number of esters is 1. The quantitative estimate of drug-likeness (QED) is 0.478. The Labute approximate surface area is 111 Å². The fraction of sp³-hybridized carbons (Fsp3) is 0.462. The van der Waals surface area contributed by atoms with Crippen LogP contribution in [0.25, 0.3) is 0 Å². The van der Waals surface area contributed by atoms with Crippen molar-refractivity contribution in [2.75, 3.05) is 11.9 Å². The Hall–Kier alpha value is -0.870. The zero-order valence-electron chi connectivity index (χ0n) is 9.99. The first-order chi connectivity index (χ1) is 8.24. The molecule has 0 amide bonds. The third-order valence-electron chi connectivity index (χ3n) is 2.34. The molecule has 0 aliphatic rings. The summed E-state index contributed by atoms with van der Waals surface area (Å²) >= 11 is 3.34. The molecular weight excluding hydrogens is 282 g/mol. The number of benzene rings is 1. The summed E-state index contributed by atoms with van der Waals surface area (Å²) in [5, 5.41) is 4.05. The summed E-state index contributed by atoms with van der Waals surface area (Å²) in [6, 6.07) is 9.43. The van der Waals surface area contributed by atoms with Gasteiger partial charge < -0.3 is 10.1 Å². The van der Waals surface area contributed by atoms with E-state index in [9.17, 15) is 4.79 Å². The fourth-order valence-electron chi connectivity index (χ4n) is 1.32. The van der Waals surface area contributed by atoms with E-state index < -0.39 is 0 Å². The van der Waals surface area contributed by atoms with Crippen LogP contribution in [0.2, 0.25) is 0 Å². The summed E-state index contributed by atoms with van der Waals surface area (Å²) in [6.07, 6.45) is 0.996. The fourth-order valence-corrected chi connectivity index (χ4v) is 1.60. The number of nitrogens with one attached hydrogen (secondary N) is 1. The van der Waals surface area contributed by atoms with E-state index in [-0.39, 0.29) is 12.0 Å². The van der Waals surface area contributed by atoms with E-state index in [1.165, 1.54) is 0 Å². The standard InChI is InChI=1S/C13H18BrNO2/c1-11(15-9-5-8-14)13(16)17-10-12-6-3-2-4-7-12/h2-4,6-7,11,15H,5,8-10H2,1H3/t11-/m0/s1. The molecule has 3 nitrogen and oxygen atoms in total. The maximum Gasteiger partial charge on any atom is 0.323 e. The second-order valence-electron chi connectivity index (χ2n) is 3.81. The zero-order chi connectivity index (χ0) is 12.5. The van der Waals surface area contributed by atoms with E-state index >= 15 is 0 Å². The van der Waals surface area contributed by atoms with Gasteiger partial charge in [0.1, 0.15) is 12.6 Å². The van der Waals surface area contributed by atoms with Crippen molar-refractivity contribution < 1.29 is 9.53 Å². The highest BCUT2D eigenvalue weighted by Crippen LogP contribution is 2.01. The number of ether oxygens (including phenoxy) is 1. The van der Waals surface area contributed by atoms with Crippen molar-refractivity contribution in [1.82, 2.24) is 5.32 Å². The second-order valence-corrected chi connectivity index (χ2v) is 4.60. The molecule has 0 saturated carbocycles. The predicted octanol–water partition coefficient (Wildman–Crippen LogP) is 2.49. The van der Waals surface area contributed by atoms with Crippen molar-refractivity contribution in [2.45, 2.75) is 26.0 Å². The minimum Gasteiger partial charge on any atom is -0.460 e. The number of hydrogen-bond acceptors (Lipinski definition) is 3. The first kappa shape index (κ1) is 14.2. The molecule has 0 fully saturated rings. The maximum atomic E-state index is 11.6. The molecule has 0 spiro atoms. The van der Waals surface area contributed by atoms with Crippen LogP contribution in [-0.2, 0) is 16.1 Å². The maximum absolute atomic E-state index is 11.6. The topological polar surface area (TPSA) is 38.3 Å². The molecule has 1 rings (SSSR count). The van der Waals surface area contributed by atoms with Gasteiger partial charge in [-0.1, -0.05) is 46.3 Å². The molecule has 1 aromatic carbocycles. The summed E-state index contributed by atoms with van der Waals surface area (Å²) in [5.41, 5.74) is 1.01. The van der Waals surface area contributed by atoms with E-state index in [0.29, 0.717) is 6.61 Å². The van der Waals surface area contributed by atoms with Crippen molar-refractivity contribution in [3.8, 4) is 0 Å². The highest BCUT2D eigenvalue weighted by Gasteiger charge is 2.12. The average molecular weight is 300 g/mol. The van der Waals surface area contributed by atoms with Crippen LogP contribution in [0.5, 0.6) is 0 Å². The van der Waals surface area contributed by atoms with Crippen LogP contribution in [-0.4, -0.2) is 23.9 Å².